The fraction of sp³-hybridized carbons (Fsp3) is 0.562. The van der Waals surface area contributed by atoms with E-state index in [9.17, 15) is 4.79 Å². The molecule has 4 heteroatoms. The van der Waals surface area contributed by atoms with Crippen LogP contribution in [0, 0.1) is 5.92 Å². The molecule has 0 heterocycles. The molecule has 0 radical (unpaired) electrons. The molecule has 1 amide bonds. The van der Waals surface area contributed by atoms with E-state index in [0.717, 1.165) is 6.54 Å². The first-order valence-corrected chi connectivity index (χ1v) is 7.17. The highest BCUT2D eigenvalue weighted by atomic mass is 16.1. The molecule has 4 nitrogen and oxygen atoms in total. The first-order chi connectivity index (χ1) is 9.40. The molecule has 112 valence electrons. The van der Waals surface area contributed by atoms with Crippen LogP contribution < -0.4 is 15.5 Å². The molecule has 0 aliphatic heterocycles. The van der Waals surface area contributed by atoms with Gasteiger partial charge in [-0.25, -0.2) is 0 Å². The monoisotopic (exact) mass is 277 g/mol. The van der Waals surface area contributed by atoms with Gasteiger partial charge in [0.25, 0.3) is 0 Å². The molecule has 0 saturated heterocycles. The van der Waals surface area contributed by atoms with Gasteiger partial charge in [-0.05, 0) is 30.5 Å². The highest BCUT2D eigenvalue weighted by molar-refractivity contribution is 5.78. The Kier molecular flexibility index (Phi) is 6.52. The molecule has 0 bridgehead atoms. The number of nitrogens with one attached hydrogen (secondary N) is 2. The van der Waals surface area contributed by atoms with Crippen LogP contribution >= 0.6 is 0 Å². The second-order valence-corrected chi connectivity index (χ2v) is 5.79. The smallest absolute Gasteiger partial charge is 0.233 e. The van der Waals surface area contributed by atoms with E-state index in [-0.39, 0.29) is 11.9 Å². The Morgan fingerprint density at radius 2 is 1.75 bits per heavy atom. The minimum Gasteiger partial charge on any atom is -0.378 e. The first-order valence-electron chi connectivity index (χ1n) is 7.17. The maximum atomic E-state index is 11.6. The SMILES string of the molecule is CC(C)CNC(=O)CNC(C)c1ccc(N(C)C)cc1. The molecule has 0 aromatic heterocycles. The molecule has 1 unspecified atom stereocenters. The maximum Gasteiger partial charge on any atom is 0.233 e. The number of benzene rings is 1. The fourth-order valence-electron chi connectivity index (χ4n) is 1.81. The van der Waals surface area contributed by atoms with Crippen LogP contribution in [0.1, 0.15) is 32.4 Å². The number of anilines is 1. The van der Waals surface area contributed by atoms with Crippen molar-refractivity contribution in [2.75, 3.05) is 32.1 Å². The van der Waals surface area contributed by atoms with Crippen LogP contribution in [0.4, 0.5) is 5.69 Å². The Bertz CT molecular complexity index is 412. The molecule has 1 atom stereocenters. The van der Waals surface area contributed by atoms with E-state index in [2.05, 4.69) is 60.6 Å². The lowest BCUT2D eigenvalue weighted by Gasteiger charge is -2.17. The van der Waals surface area contributed by atoms with Crippen LogP contribution in [-0.4, -0.2) is 33.1 Å². The van der Waals surface area contributed by atoms with Crippen LogP contribution in [0.3, 0.4) is 0 Å². The molecule has 1 aromatic rings. The summed E-state index contributed by atoms with van der Waals surface area (Å²) in [4.78, 5) is 13.7. The molecule has 1 rings (SSSR count). The zero-order valence-electron chi connectivity index (χ0n) is 13.2. The summed E-state index contributed by atoms with van der Waals surface area (Å²) in [6.07, 6.45) is 0. The van der Waals surface area contributed by atoms with Crippen LogP contribution in [0.5, 0.6) is 0 Å². The number of hydrogen-bond acceptors (Lipinski definition) is 3. The third kappa shape index (κ3) is 5.61. The summed E-state index contributed by atoms with van der Waals surface area (Å²) in [7, 11) is 4.05. The van der Waals surface area contributed by atoms with Gasteiger partial charge in [0.2, 0.25) is 5.91 Å². The van der Waals surface area contributed by atoms with Crippen molar-refractivity contribution in [3.63, 3.8) is 0 Å². The summed E-state index contributed by atoms with van der Waals surface area (Å²) in [5, 5.41) is 6.15. The topological polar surface area (TPSA) is 44.4 Å². The number of rotatable bonds is 7. The highest BCUT2D eigenvalue weighted by Crippen LogP contribution is 2.17. The Morgan fingerprint density at radius 3 is 2.25 bits per heavy atom. The van der Waals surface area contributed by atoms with Gasteiger partial charge in [0, 0.05) is 32.4 Å². The predicted molar refractivity (Wildman–Crippen MR) is 85.0 cm³/mol. The Labute approximate surface area is 122 Å². The maximum absolute atomic E-state index is 11.6. The van der Waals surface area contributed by atoms with Crippen molar-refractivity contribution in [3.05, 3.63) is 29.8 Å². The molecular weight excluding hydrogens is 250 g/mol. The van der Waals surface area contributed by atoms with Crippen molar-refractivity contribution in [2.45, 2.75) is 26.8 Å². The zero-order chi connectivity index (χ0) is 15.1. The van der Waals surface area contributed by atoms with Crippen LogP contribution in [-0.2, 0) is 4.79 Å². The molecule has 0 aliphatic carbocycles. The molecule has 2 N–H and O–H groups in total. The van der Waals surface area contributed by atoms with Gasteiger partial charge in [0.05, 0.1) is 6.54 Å². The number of hydrogen-bond donors (Lipinski definition) is 2. The molecular formula is C16H27N3O. The van der Waals surface area contributed by atoms with Gasteiger partial charge in [-0.1, -0.05) is 26.0 Å². The number of carbonyl (C=O) groups is 1. The van der Waals surface area contributed by atoms with Crippen molar-refractivity contribution in [1.29, 1.82) is 0 Å². The molecule has 0 saturated carbocycles. The molecule has 0 spiro atoms. The summed E-state index contributed by atoms with van der Waals surface area (Å²) >= 11 is 0. The van der Waals surface area contributed by atoms with E-state index in [1.54, 1.807) is 0 Å². The number of amides is 1. The summed E-state index contributed by atoms with van der Waals surface area (Å²) < 4.78 is 0. The van der Waals surface area contributed by atoms with Gasteiger partial charge in [0.1, 0.15) is 0 Å². The van der Waals surface area contributed by atoms with E-state index in [0.29, 0.717) is 12.5 Å². The van der Waals surface area contributed by atoms with Gasteiger partial charge in [0.15, 0.2) is 0 Å². The second kappa shape index (κ2) is 7.90. The summed E-state index contributed by atoms with van der Waals surface area (Å²) in [5.41, 5.74) is 2.36. The molecule has 0 fully saturated rings. The van der Waals surface area contributed by atoms with Gasteiger partial charge in [-0.2, -0.15) is 0 Å². The Morgan fingerprint density at radius 1 is 1.15 bits per heavy atom. The third-order valence-electron chi connectivity index (χ3n) is 3.19. The van der Waals surface area contributed by atoms with Crippen molar-refractivity contribution < 1.29 is 4.79 Å². The minimum atomic E-state index is 0.0514. The van der Waals surface area contributed by atoms with E-state index < -0.39 is 0 Å². The second-order valence-electron chi connectivity index (χ2n) is 5.79. The molecule has 20 heavy (non-hydrogen) atoms. The summed E-state index contributed by atoms with van der Waals surface area (Å²) in [6.45, 7) is 7.32. The van der Waals surface area contributed by atoms with Crippen LogP contribution in [0.15, 0.2) is 24.3 Å². The normalized spacial score (nSPS) is 12.3. The van der Waals surface area contributed by atoms with Crippen molar-refractivity contribution in [1.82, 2.24) is 10.6 Å². The lowest BCUT2D eigenvalue weighted by atomic mass is 10.1. The van der Waals surface area contributed by atoms with E-state index in [4.69, 9.17) is 0 Å². The van der Waals surface area contributed by atoms with Crippen molar-refractivity contribution in [3.8, 4) is 0 Å². The minimum absolute atomic E-state index is 0.0514. The van der Waals surface area contributed by atoms with Gasteiger partial charge < -0.3 is 15.5 Å². The summed E-state index contributed by atoms with van der Waals surface area (Å²) in [5.74, 6) is 0.533. The number of carbonyl (C=O) groups excluding carboxylic acids is 1. The van der Waals surface area contributed by atoms with Crippen LogP contribution in [0.25, 0.3) is 0 Å². The standard InChI is InChI=1S/C16H27N3O/c1-12(2)10-18-16(20)11-17-13(3)14-6-8-15(9-7-14)19(4)5/h6-9,12-13,17H,10-11H2,1-5H3,(H,18,20). The van der Waals surface area contributed by atoms with Crippen molar-refractivity contribution >= 4 is 11.6 Å². The lowest BCUT2D eigenvalue weighted by Crippen LogP contribution is -2.36. The lowest BCUT2D eigenvalue weighted by molar-refractivity contribution is -0.120. The highest BCUT2D eigenvalue weighted by Gasteiger charge is 2.08. The Hall–Kier alpha value is -1.55. The van der Waals surface area contributed by atoms with E-state index in [1.165, 1.54) is 11.3 Å². The predicted octanol–water partition coefficient (Wildman–Crippen LogP) is 2.18. The molecule has 1 aromatic carbocycles. The fourth-order valence-corrected chi connectivity index (χ4v) is 1.81. The largest absolute Gasteiger partial charge is 0.378 e. The van der Waals surface area contributed by atoms with Crippen LogP contribution in [0.2, 0.25) is 0 Å². The quantitative estimate of drug-likeness (QED) is 0.803. The van der Waals surface area contributed by atoms with E-state index >= 15 is 0 Å². The summed E-state index contributed by atoms with van der Waals surface area (Å²) in [6, 6.07) is 8.53. The van der Waals surface area contributed by atoms with Gasteiger partial charge in [-0.3, -0.25) is 4.79 Å². The Balaban J connectivity index is 2.42. The first kappa shape index (κ1) is 16.5. The molecule has 0 aliphatic rings. The number of nitrogens with zero attached hydrogens (tertiary/aromatic N) is 1. The van der Waals surface area contributed by atoms with Gasteiger partial charge in [-0.15, -0.1) is 0 Å². The van der Waals surface area contributed by atoms with Gasteiger partial charge >= 0.3 is 0 Å². The third-order valence-corrected chi connectivity index (χ3v) is 3.19. The average Bonchev–Trinajstić information content (AvgIpc) is 2.42. The zero-order valence-corrected chi connectivity index (χ0v) is 13.2. The average molecular weight is 277 g/mol. The van der Waals surface area contributed by atoms with E-state index in [1.807, 2.05) is 14.1 Å². The van der Waals surface area contributed by atoms with Crippen molar-refractivity contribution in [2.24, 2.45) is 5.92 Å².